The number of hydrogen-bond acceptors (Lipinski definition) is 3. The summed E-state index contributed by atoms with van der Waals surface area (Å²) in [5.41, 5.74) is 27.0. The van der Waals surface area contributed by atoms with Crippen molar-refractivity contribution in [3.05, 3.63) is 300 Å². The number of pyridine rings is 2. The normalized spacial score (nSPS) is 12.6. The maximum absolute atomic E-state index is 6.08. The fraction of sp³-hybridized carbons (Fsp3) is 0.101. The smallest absolute Gasteiger partial charge is 0.656 e. The van der Waals surface area contributed by atoms with Gasteiger partial charge in [-0.2, -0.15) is 0 Å². The Hall–Kier alpha value is -9.54. The molecule has 85 heavy (non-hydrogen) atoms. The molecule has 0 radical (unpaired) electrons. The number of hydrogen-bond donors (Lipinski definition) is 0. The first-order valence-electron chi connectivity index (χ1n) is 29.0. The van der Waals surface area contributed by atoms with E-state index in [1.165, 1.54) is 55.6 Å². The SMILES string of the molecule is Cc1cc(C)c(-c2cccc3[n-]c4c(-c5nc6c(-c7[c-]c(C8(c9cc(-c%10ccccc%10)ccn9)c9ccccc9-c9ccccc98)cc(C(C)(C)C)c7)ccc(-c7ccncc7)c6n5-c5ccccc5)cc(-c5ccccc5)cc4c23)c(C)c1.[Pt+2]. The second-order valence-electron chi connectivity index (χ2n) is 23.7. The monoisotopic (exact) mass is 1270 g/mol. The van der Waals surface area contributed by atoms with Gasteiger partial charge in [0.25, 0.3) is 0 Å². The Balaban J connectivity index is 0.00000640. The van der Waals surface area contributed by atoms with Gasteiger partial charge in [0.1, 0.15) is 5.82 Å². The summed E-state index contributed by atoms with van der Waals surface area (Å²) in [6, 6.07) is 88.0. The van der Waals surface area contributed by atoms with Crippen molar-refractivity contribution in [1.29, 1.82) is 0 Å². The molecule has 0 fully saturated rings. The van der Waals surface area contributed by atoms with Gasteiger partial charge in [-0.25, -0.2) is 4.98 Å². The van der Waals surface area contributed by atoms with Gasteiger partial charge in [0.05, 0.1) is 22.1 Å². The molecule has 10 aromatic carbocycles. The van der Waals surface area contributed by atoms with Crippen LogP contribution in [0.15, 0.2) is 249 Å². The van der Waals surface area contributed by atoms with Crippen molar-refractivity contribution in [2.45, 2.75) is 52.4 Å². The van der Waals surface area contributed by atoms with Gasteiger partial charge < -0.3 is 4.98 Å². The molecule has 0 saturated heterocycles. The number of benzene rings is 10. The molecule has 15 rings (SSSR count). The first kappa shape index (κ1) is 53.5. The van der Waals surface area contributed by atoms with Gasteiger partial charge in [0.2, 0.25) is 0 Å². The predicted octanol–water partition coefficient (Wildman–Crippen LogP) is 19.5. The third-order valence-corrected chi connectivity index (χ3v) is 17.4. The molecule has 0 amide bonds. The number of rotatable bonds is 9. The summed E-state index contributed by atoms with van der Waals surface area (Å²) in [6.07, 6.45) is 5.74. The molecule has 0 atom stereocenters. The quantitative estimate of drug-likeness (QED) is 0.135. The third kappa shape index (κ3) is 8.74. The van der Waals surface area contributed by atoms with E-state index < -0.39 is 5.41 Å². The van der Waals surface area contributed by atoms with Crippen LogP contribution in [0, 0.1) is 26.8 Å². The first-order valence-corrected chi connectivity index (χ1v) is 29.0. The van der Waals surface area contributed by atoms with Crippen molar-refractivity contribution in [1.82, 2.24) is 24.5 Å². The van der Waals surface area contributed by atoms with Crippen LogP contribution in [-0.2, 0) is 31.9 Å². The molecule has 6 heteroatoms. The molecule has 0 bridgehead atoms. The summed E-state index contributed by atoms with van der Waals surface area (Å²) in [5.74, 6) is 0.790. The summed E-state index contributed by atoms with van der Waals surface area (Å²) < 4.78 is 2.38. The van der Waals surface area contributed by atoms with E-state index in [0.29, 0.717) is 0 Å². The molecule has 0 aliphatic heterocycles. The fourth-order valence-electron chi connectivity index (χ4n) is 13.7. The van der Waals surface area contributed by atoms with Gasteiger partial charge in [-0.3, -0.25) is 14.5 Å². The zero-order chi connectivity index (χ0) is 56.8. The van der Waals surface area contributed by atoms with Gasteiger partial charge in [-0.1, -0.05) is 202 Å². The summed E-state index contributed by atoms with van der Waals surface area (Å²) >= 11 is 0. The van der Waals surface area contributed by atoms with Crippen LogP contribution in [0.25, 0.3) is 117 Å². The van der Waals surface area contributed by atoms with Crippen molar-refractivity contribution < 1.29 is 21.1 Å². The van der Waals surface area contributed by atoms with Crippen LogP contribution in [0.3, 0.4) is 0 Å². The molecule has 0 saturated carbocycles. The zero-order valence-electron chi connectivity index (χ0n) is 48.2. The van der Waals surface area contributed by atoms with Crippen molar-refractivity contribution >= 4 is 32.8 Å². The van der Waals surface area contributed by atoms with E-state index in [1.54, 1.807) is 0 Å². The Morgan fingerprint density at radius 2 is 1.09 bits per heavy atom. The topological polar surface area (TPSA) is 57.7 Å². The Kier molecular flexibility index (Phi) is 13.2. The zero-order valence-corrected chi connectivity index (χ0v) is 50.5. The van der Waals surface area contributed by atoms with E-state index in [-0.39, 0.29) is 26.5 Å². The van der Waals surface area contributed by atoms with Crippen LogP contribution in [0.1, 0.15) is 65.4 Å². The molecular weight excluding hydrogens is 1210 g/mol. The van der Waals surface area contributed by atoms with Gasteiger partial charge >= 0.3 is 21.1 Å². The van der Waals surface area contributed by atoms with Crippen molar-refractivity contribution in [3.8, 4) is 83.8 Å². The molecule has 14 aromatic rings. The fourth-order valence-corrected chi connectivity index (χ4v) is 13.7. The standard InChI is InChI=1S/C79H59N5.Pt/c1-49-41-50(2)72(51(3)42-49)65-29-20-32-70-73(65)66-45-56(53-23-12-8-13-24-53)46-67(74(66)82-70)77-83-75-61(33-34-62(54-35-38-80-39-36-54)76(75)84(77)60-25-14-9-15-26-60)57-43-58(78(4,5)6)48-59(44-57)79(71-47-55(37-40-81-71)52-21-10-7-11-22-52)68-30-18-16-27-63(68)64-28-17-19-31-69(64)79;/h7-43,45-48H,1-6H3;/q-2;+2. The molecule has 1 aliphatic rings. The first-order chi connectivity index (χ1) is 41.0. The Labute approximate surface area is 511 Å². The number of para-hydroxylation sites is 1. The molecule has 0 spiro atoms. The van der Waals surface area contributed by atoms with E-state index in [0.717, 1.165) is 106 Å². The molecule has 410 valence electrons. The van der Waals surface area contributed by atoms with E-state index in [4.69, 9.17) is 15.0 Å². The Morgan fingerprint density at radius 1 is 0.494 bits per heavy atom. The molecule has 0 N–H and O–H groups in total. The van der Waals surface area contributed by atoms with Crippen LogP contribution < -0.4 is 4.98 Å². The summed E-state index contributed by atoms with van der Waals surface area (Å²) in [5, 5.41) is 2.22. The van der Waals surface area contributed by atoms with Gasteiger partial charge in [0, 0.05) is 35.4 Å². The number of fused-ring (bicyclic) bond motifs is 7. The second-order valence-corrected chi connectivity index (χ2v) is 23.7. The molecule has 5 nitrogen and oxygen atoms in total. The number of imidazole rings is 1. The summed E-state index contributed by atoms with van der Waals surface area (Å²) in [7, 11) is 0. The second kappa shape index (κ2) is 21.0. The van der Waals surface area contributed by atoms with Crippen LogP contribution in [-0.4, -0.2) is 19.5 Å². The Morgan fingerprint density at radius 3 is 1.76 bits per heavy atom. The molecule has 4 aromatic heterocycles. The van der Waals surface area contributed by atoms with E-state index in [1.807, 2.05) is 18.6 Å². The predicted molar refractivity (Wildman–Crippen MR) is 347 cm³/mol. The minimum atomic E-state index is -0.845. The maximum Gasteiger partial charge on any atom is 2.00 e. The van der Waals surface area contributed by atoms with Crippen LogP contribution >= 0.6 is 0 Å². The van der Waals surface area contributed by atoms with E-state index >= 15 is 0 Å². The largest absolute Gasteiger partial charge is 2.00 e. The van der Waals surface area contributed by atoms with Crippen LogP contribution in [0.2, 0.25) is 0 Å². The molecule has 4 heterocycles. The Bertz CT molecular complexity index is 4830. The van der Waals surface area contributed by atoms with E-state index in [2.05, 4.69) is 288 Å². The van der Waals surface area contributed by atoms with Gasteiger partial charge in [0.15, 0.2) is 0 Å². The third-order valence-electron chi connectivity index (χ3n) is 17.4. The average Bonchev–Trinajstić information content (AvgIpc) is 1.67. The molecular formula is C79H59N5Pt. The van der Waals surface area contributed by atoms with Gasteiger partial charge in [-0.05, 0) is 158 Å². The number of nitrogens with zero attached hydrogens (tertiary/aromatic N) is 5. The molecule has 1 aliphatic carbocycles. The summed E-state index contributed by atoms with van der Waals surface area (Å²) in [6.45, 7) is 13.6. The van der Waals surface area contributed by atoms with Crippen molar-refractivity contribution in [2.75, 3.05) is 0 Å². The summed E-state index contributed by atoms with van der Waals surface area (Å²) in [4.78, 5) is 21.7. The van der Waals surface area contributed by atoms with Crippen LogP contribution in [0.4, 0.5) is 0 Å². The van der Waals surface area contributed by atoms with Crippen molar-refractivity contribution in [3.63, 3.8) is 0 Å². The van der Waals surface area contributed by atoms with Crippen molar-refractivity contribution in [2.24, 2.45) is 0 Å². The minimum Gasteiger partial charge on any atom is -0.656 e. The number of aromatic nitrogens is 5. The van der Waals surface area contributed by atoms with E-state index in [9.17, 15) is 0 Å². The maximum atomic E-state index is 6.08. The minimum absolute atomic E-state index is 0. The number of aryl methyl sites for hydroxylation is 3. The average molecular weight is 1270 g/mol. The van der Waals surface area contributed by atoms with Gasteiger partial charge in [-0.15, -0.1) is 45.9 Å². The molecule has 0 unspecified atom stereocenters. The van der Waals surface area contributed by atoms with Crippen LogP contribution in [0.5, 0.6) is 0 Å².